The summed E-state index contributed by atoms with van der Waals surface area (Å²) < 4.78 is 27.6. The zero-order valence-corrected chi connectivity index (χ0v) is 12.1. The van der Waals surface area contributed by atoms with Crippen LogP contribution in [0.25, 0.3) is 0 Å². The van der Waals surface area contributed by atoms with Gasteiger partial charge < -0.3 is 5.11 Å². The van der Waals surface area contributed by atoms with Crippen molar-refractivity contribution in [3.63, 3.8) is 0 Å². The fourth-order valence-corrected chi connectivity index (χ4v) is 3.10. The molecule has 1 atom stereocenters. The molecule has 1 heterocycles. The Bertz CT molecular complexity index is 328. The maximum atomic E-state index is 11.9. The second-order valence-corrected chi connectivity index (χ2v) is 6.71. The number of hydrogen-bond acceptors (Lipinski definition) is 4. The molecule has 0 spiro atoms. The highest BCUT2D eigenvalue weighted by Crippen LogP contribution is 2.11. The van der Waals surface area contributed by atoms with Crippen LogP contribution in [0.2, 0.25) is 0 Å². The van der Waals surface area contributed by atoms with E-state index < -0.39 is 10.2 Å². The van der Waals surface area contributed by atoms with Crippen LogP contribution in [0.5, 0.6) is 0 Å². The summed E-state index contributed by atoms with van der Waals surface area (Å²) in [4.78, 5) is 2.30. The van der Waals surface area contributed by atoms with Crippen LogP contribution in [0.1, 0.15) is 26.2 Å². The summed E-state index contributed by atoms with van der Waals surface area (Å²) in [7, 11) is -1.89. The Balaban J connectivity index is 2.35. The van der Waals surface area contributed by atoms with Gasteiger partial charge in [0.05, 0.1) is 0 Å². The first-order valence-corrected chi connectivity index (χ1v) is 7.97. The van der Waals surface area contributed by atoms with Crippen molar-refractivity contribution in [2.24, 2.45) is 0 Å². The lowest BCUT2D eigenvalue weighted by Crippen LogP contribution is -2.45. The van der Waals surface area contributed by atoms with Crippen molar-refractivity contribution in [2.75, 3.05) is 39.8 Å². The molecule has 18 heavy (non-hydrogen) atoms. The van der Waals surface area contributed by atoms with Gasteiger partial charge in [-0.1, -0.05) is 0 Å². The molecule has 7 heteroatoms. The van der Waals surface area contributed by atoms with Gasteiger partial charge in [0.15, 0.2) is 0 Å². The van der Waals surface area contributed by atoms with E-state index in [0.29, 0.717) is 19.5 Å². The van der Waals surface area contributed by atoms with Crippen molar-refractivity contribution in [3.8, 4) is 0 Å². The molecule has 108 valence electrons. The van der Waals surface area contributed by atoms with E-state index in [1.54, 1.807) is 0 Å². The molecule has 0 aliphatic carbocycles. The van der Waals surface area contributed by atoms with Crippen LogP contribution in [-0.2, 0) is 10.2 Å². The summed E-state index contributed by atoms with van der Waals surface area (Å²) in [5.74, 6) is 0. The summed E-state index contributed by atoms with van der Waals surface area (Å²) in [6.07, 6.45) is 2.86. The molecular formula is C11H25N3O3S. The summed E-state index contributed by atoms with van der Waals surface area (Å²) in [6.45, 7) is 4.94. The van der Waals surface area contributed by atoms with Crippen molar-refractivity contribution in [1.29, 1.82) is 0 Å². The van der Waals surface area contributed by atoms with Crippen molar-refractivity contribution in [1.82, 2.24) is 13.9 Å². The monoisotopic (exact) mass is 279 g/mol. The topological polar surface area (TPSA) is 72.9 Å². The first-order chi connectivity index (χ1) is 8.47. The average molecular weight is 279 g/mol. The van der Waals surface area contributed by atoms with Crippen LogP contribution < -0.4 is 4.72 Å². The molecule has 2 N–H and O–H groups in total. The minimum Gasteiger partial charge on any atom is -0.396 e. The van der Waals surface area contributed by atoms with Crippen LogP contribution in [0.3, 0.4) is 0 Å². The highest BCUT2D eigenvalue weighted by Gasteiger charge is 2.22. The SMILES string of the molecule is CC(CNS(=O)(=O)N(C)CCCO)N1CCCC1. The molecule has 0 radical (unpaired) electrons. The summed E-state index contributed by atoms with van der Waals surface area (Å²) >= 11 is 0. The molecule has 1 unspecified atom stereocenters. The molecule has 0 aromatic carbocycles. The van der Waals surface area contributed by atoms with E-state index in [4.69, 9.17) is 5.11 Å². The van der Waals surface area contributed by atoms with Crippen molar-refractivity contribution < 1.29 is 13.5 Å². The number of hydrogen-bond donors (Lipinski definition) is 2. The number of nitrogens with zero attached hydrogens (tertiary/aromatic N) is 2. The van der Waals surface area contributed by atoms with Gasteiger partial charge in [-0.2, -0.15) is 12.7 Å². The molecule has 1 rings (SSSR count). The fraction of sp³-hybridized carbons (Fsp3) is 1.00. The molecule has 0 saturated carbocycles. The third-order valence-corrected chi connectivity index (χ3v) is 4.90. The van der Waals surface area contributed by atoms with Gasteiger partial charge in [0.1, 0.15) is 0 Å². The van der Waals surface area contributed by atoms with Gasteiger partial charge in [0.25, 0.3) is 10.2 Å². The fourth-order valence-electron chi connectivity index (χ4n) is 2.06. The van der Waals surface area contributed by atoms with Crippen LogP contribution in [0.4, 0.5) is 0 Å². The van der Waals surface area contributed by atoms with Crippen molar-refractivity contribution in [2.45, 2.75) is 32.2 Å². The molecule has 1 fully saturated rings. The molecule has 0 amide bonds. The number of rotatable bonds is 8. The van der Waals surface area contributed by atoms with Crippen molar-refractivity contribution in [3.05, 3.63) is 0 Å². The van der Waals surface area contributed by atoms with Gasteiger partial charge >= 0.3 is 0 Å². The molecule has 1 saturated heterocycles. The van der Waals surface area contributed by atoms with E-state index >= 15 is 0 Å². The molecule has 1 aliphatic rings. The Morgan fingerprint density at radius 3 is 2.56 bits per heavy atom. The van der Waals surface area contributed by atoms with Gasteiger partial charge in [0.2, 0.25) is 0 Å². The molecule has 1 aliphatic heterocycles. The number of likely N-dealkylation sites (tertiary alicyclic amines) is 1. The van der Waals surface area contributed by atoms with E-state index in [9.17, 15) is 8.42 Å². The first kappa shape index (κ1) is 15.8. The number of aliphatic hydroxyl groups excluding tert-OH is 1. The van der Waals surface area contributed by atoms with E-state index in [1.807, 2.05) is 6.92 Å². The normalized spacial score (nSPS) is 19.6. The van der Waals surface area contributed by atoms with Crippen molar-refractivity contribution >= 4 is 10.2 Å². The lowest BCUT2D eigenvalue weighted by Gasteiger charge is -2.25. The Hall–Kier alpha value is -0.210. The zero-order chi connectivity index (χ0) is 13.6. The lowest BCUT2D eigenvalue weighted by molar-refractivity contribution is 0.257. The molecule has 0 bridgehead atoms. The highest BCUT2D eigenvalue weighted by atomic mass is 32.2. The largest absolute Gasteiger partial charge is 0.396 e. The zero-order valence-electron chi connectivity index (χ0n) is 11.3. The van der Waals surface area contributed by atoms with Crippen LogP contribution >= 0.6 is 0 Å². The second kappa shape index (κ2) is 7.40. The Labute approximate surface area is 110 Å². The van der Waals surface area contributed by atoms with Crippen LogP contribution in [0.15, 0.2) is 0 Å². The molecule has 6 nitrogen and oxygen atoms in total. The van der Waals surface area contributed by atoms with Gasteiger partial charge in [-0.05, 0) is 39.3 Å². The van der Waals surface area contributed by atoms with E-state index in [0.717, 1.165) is 13.1 Å². The standard InChI is InChI=1S/C11H25N3O3S/c1-11(14-7-3-4-8-14)10-12-18(16,17)13(2)6-5-9-15/h11-12,15H,3-10H2,1-2H3. The highest BCUT2D eigenvalue weighted by molar-refractivity contribution is 7.87. The molecule has 0 aromatic rings. The van der Waals surface area contributed by atoms with Gasteiger partial charge in [0, 0.05) is 32.8 Å². The van der Waals surface area contributed by atoms with E-state index in [1.165, 1.54) is 24.2 Å². The molecule has 0 aromatic heterocycles. The van der Waals surface area contributed by atoms with Gasteiger partial charge in [-0.25, -0.2) is 4.72 Å². The quantitative estimate of drug-likeness (QED) is 0.635. The maximum absolute atomic E-state index is 11.9. The third-order valence-electron chi connectivity index (χ3n) is 3.37. The van der Waals surface area contributed by atoms with Gasteiger partial charge in [-0.15, -0.1) is 0 Å². The first-order valence-electron chi connectivity index (χ1n) is 6.53. The summed E-state index contributed by atoms with van der Waals surface area (Å²) in [6, 6.07) is 0.230. The van der Waals surface area contributed by atoms with Gasteiger partial charge in [-0.3, -0.25) is 4.90 Å². The Kier molecular flexibility index (Phi) is 6.51. The number of nitrogens with one attached hydrogen (secondary N) is 1. The lowest BCUT2D eigenvalue weighted by atomic mass is 10.3. The maximum Gasteiger partial charge on any atom is 0.279 e. The Morgan fingerprint density at radius 1 is 1.39 bits per heavy atom. The predicted octanol–water partition coefficient (Wildman–Crippen LogP) is -0.381. The minimum atomic E-state index is -3.41. The smallest absolute Gasteiger partial charge is 0.279 e. The molecular weight excluding hydrogens is 254 g/mol. The summed E-state index contributed by atoms with van der Waals surface area (Å²) in [5, 5.41) is 8.69. The second-order valence-electron chi connectivity index (χ2n) is 4.84. The average Bonchev–Trinajstić information content (AvgIpc) is 2.86. The Morgan fingerprint density at radius 2 is 2.00 bits per heavy atom. The number of aliphatic hydroxyl groups is 1. The van der Waals surface area contributed by atoms with E-state index in [2.05, 4.69) is 9.62 Å². The van der Waals surface area contributed by atoms with E-state index in [-0.39, 0.29) is 12.6 Å². The van der Waals surface area contributed by atoms with Crippen LogP contribution in [0, 0.1) is 0 Å². The predicted molar refractivity (Wildman–Crippen MR) is 71.5 cm³/mol. The van der Waals surface area contributed by atoms with Crippen LogP contribution in [-0.4, -0.2) is 68.6 Å². The third kappa shape index (κ3) is 4.81. The minimum absolute atomic E-state index is 0.00401. The summed E-state index contributed by atoms with van der Waals surface area (Å²) in [5.41, 5.74) is 0.